The van der Waals surface area contributed by atoms with Gasteiger partial charge in [0.2, 0.25) is 5.91 Å². The molecule has 0 aliphatic carbocycles. The Morgan fingerprint density at radius 3 is 2.62 bits per heavy atom. The van der Waals surface area contributed by atoms with Crippen molar-refractivity contribution < 1.29 is 19.1 Å². The Balaban J connectivity index is 1.44. The Morgan fingerprint density at radius 1 is 1.22 bits per heavy atom. The van der Waals surface area contributed by atoms with Crippen molar-refractivity contribution in [2.45, 2.75) is 23.8 Å². The molecule has 5 rings (SSSR count). The van der Waals surface area contributed by atoms with Crippen LogP contribution in [0.5, 0.6) is 0 Å². The minimum atomic E-state index is -0.440. The zero-order valence-electron chi connectivity index (χ0n) is 17.4. The third-order valence-electron chi connectivity index (χ3n) is 5.70. The van der Waals surface area contributed by atoms with Crippen molar-refractivity contribution in [2.24, 2.45) is 0 Å². The van der Waals surface area contributed by atoms with Gasteiger partial charge in [-0.25, -0.2) is 4.98 Å². The summed E-state index contributed by atoms with van der Waals surface area (Å²) >= 11 is 3.08. The second kappa shape index (κ2) is 8.65. The van der Waals surface area contributed by atoms with Gasteiger partial charge in [-0.3, -0.25) is 24.2 Å². The first kappa shape index (κ1) is 21.1. The van der Waals surface area contributed by atoms with E-state index in [-0.39, 0.29) is 18.6 Å². The fourth-order valence-electron chi connectivity index (χ4n) is 4.02. The monoisotopic (exact) mass is 467 g/mol. The minimum absolute atomic E-state index is 0.0881. The standard InChI is InChI=1S/C23H21N3O4S2/c1-31-15-8-9-18-19(11-15)32-23(24-18)25(12-14-5-4-10-30-14)20(27)13-26-21(28)16-6-2-3-7-17(16)22(26)29/h2-3,6-9,11,14H,4-5,10,12-13H2,1H3. The zero-order chi connectivity index (χ0) is 22.2. The number of amides is 3. The van der Waals surface area contributed by atoms with Crippen molar-refractivity contribution in [3.63, 3.8) is 0 Å². The van der Waals surface area contributed by atoms with E-state index < -0.39 is 11.8 Å². The number of carbonyl (C=O) groups excluding carboxylic acids is 3. The van der Waals surface area contributed by atoms with Gasteiger partial charge < -0.3 is 4.74 Å². The van der Waals surface area contributed by atoms with Crippen LogP contribution in [0, 0.1) is 0 Å². The highest BCUT2D eigenvalue weighted by Gasteiger charge is 2.38. The number of imide groups is 1. The van der Waals surface area contributed by atoms with Gasteiger partial charge >= 0.3 is 0 Å². The van der Waals surface area contributed by atoms with Crippen LogP contribution in [0.4, 0.5) is 5.13 Å². The molecule has 3 aromatic rings. The molecular weight excluding hydrogens is 446 g/mol. The second-order valence-electron chi connectivity index (χ2n) is 7.71. The summed E-state index contributed by atoms with van der Waals surface area (Å²) in [5.74, 6) is -1.23. The van der Waals surface area contributed by atoms with E-state index in [1.807, 2.05) is 18.4 Å². The lowest BCUT2D eigenvalue weighted by Gasteiger charge is -2.25. The topological polar surface area (TPSA) is 79.8 Å². The summed E-state index contributed by atoms with van der Waals surface area (Å²) in [7, 11) is 0. The number of aromatic nitrogens is 1. The number of rotatable bonds is 6. The largest absolute Gasteiger partial charge is 0.376 e. The van der Waals surface area contributed by atoms with Gasteiger partial charge in [0.1, 0.15) is 6.54 Å². The Labute approximate surface area is 193 Å². The summed E-state index contributed by atoms with van der Waals surface area (Å²) in [4.78, 5) is 47.3. The maximum atomic E-state index is 13.4. The van der Waals surface area contributed by atoms with E-state index in [9.17, 15) is 14.4 Å². The molecule has 2 aliphatic heterocycles. The van der Waals surface area contributed by atoms with Crippen LogP contribution in [0.15, 0.2) is 47.4 Å². The number of hydrogen-bond acceptors (Lipinski definition) is 7. The average Bonchev–Trinajstić information content (AvgIpc) is 3.53. The van der Waals surface area contributed by atoms with Crippen molar-refractivity contribution >= 4 is 56.2 Å². The van der Waals surface area contributed by atoms with E-state index >= 15 is 0 Å². The Hall–Kier alpha value is -2.75. The van der Waals surface area contributed by atoms with Crippen LogP contribution in [-0.4, -0.2) is 59.7 Å². The molecule has 3 heterocycles. The normalized spacial score (nSPS) is 17.9. The number of thioether (sulfide) groups is 1. The molecule has 1 saturated heterocycles. The van der Waals surface area contributed by atoms with Gasteiger partial charge in [-0.05, 0) is 49.4 Å². The van der Waals surface area contributed by atoms with Crippen LogP contribution in [0.2, 0.25) is 0 Å². The van der Waals surface area contributed by atoms with E-state index in [0.29, 0.717) is 29.4 Å². The maximum absolute atomic E-state index is 13.4. The lowest BCUT2D eigenvalue weighted by atomic mass is 10.1. The SMILES string of the molecule is CSc1ccc2nc(N(CC3CCCO3)C(=O)CN3C(=O)c4ccccc4C3=O)sc2c1. The molecule has 164 valence electrons. The van der Waals surface area contributed by atoms with Gasteiger partial charge in [0.25, 0.3) is 11.8 Å². The molecule has 0 bridgehead atoms. The van der Waals surface area contributed by atoms with Gasteiger partial charge in [-0.1, -0.05) is 23.5 Å². The number of carbonyl (C=O) groups is 3. The van der Waals surface area contributed by atoms with Crippen LogP contribution < -0.4 is 4.90 Å². The molecule has 7 nitrogen and oxygen atoms in total. The van der Waals surface area contributed by atoms with Gasteiger partial charge in [0, 0.05) is 11.5 Å². The first-order chi connectivity index (χ1) is 15.5. The molecule has 2 aliphatic rings. The lowest BCUT2D eigenvalue weighted by molar-refractivity contribution is -0.119. The van der Waals surface area contributed by atoms with Crippen LogP contribution in [0.1, 0.15) is 33.6 Å². The molecule has 9 heteroatoms. The molecule has 1 aromatic heterocycles. The van der Waals surface area contributed by atoms with Crippen LogP contribution in [-0.2, 0) is 9.53 Å². The van der Waals surface area contributed by atoms with Crippen LogP contribution in [0.3, 0.4) is 0 Å². The Morgan fingerprint density at radius 2 is 1.97 bits per heavy atom. The average molecular weight is 468 g/mol. The number of anilines is 1. The third-order valence-corrected chi connectivity index (χ3v) is 7.46. The number of fused-ring (bicyclic) bond motifs is 2. The summed E-state index contributed by atoms with van der Waals surface area (Å²) in [6.45, 7) is 0.685. The molecule has 0 spiro atoms. The van der Waals surface area contributed by atoms with Crippen molar-refractivity contribution in [2.75, 3.05) is 30.9 Å². The number of nitrogens with zero attached hydrogens (tertiary/aromatic N) is 3. The van der Waals surface area contributed by atoms with Gasteiger partial charge in [0.15, 0.2) is 5.13 Å². The lowest BCUT2D eigenvalue weighted by Crippen LogP contribution is -2.45. The highest BCUT2D eigenvalue weighted by atomic mass is 32.2. The molecule has 1 atom stereocenters. The molecular formula is C23H21N3O4S2. The van der Waals surface area contributed by atoms with Crippen LogP contribution in [0.25, 0.3) is 10.2 Å². The summed E-state index contributed by atoms with van der Waals surface area (Å²) in [5.41, 5.74) is 1.48. The maximum Gasteiger partial charge on any atom is 0.262 e. The molecule has 0 radical (unpaired) electrons. The molecule has 1 fully saturated rings. The Bertz CT molecular complexity index is 1180. The minimum Gasteiger partial charge on any atom is -0.376 e. The van der Waals surface area contributed by atoms with Crippen molar-refractivity contribution in [3.05, 3.63) is 53.6 Å². The number of thiazole rings is 1. The summed E-state index contributed by atoms with van der Waals surface area (Å²) in [5, 5.41) is 0.551. The molecule has 0 N–H and O–H groups in total. The zero-order valence-corrected chi connectivity index (χ0v) is 19.1. The Kier molecular flexibility index (Phi) is 5.71. The molecule has 2 aromatic carbocycles. The second-order valence-corrected chi connectivity index (χ2v) is 9.60. The highest BCUT2D eigenvalue weighted by Crippen LogP contribution is 2.33. The molecule has 0 saturated carbocycles. The first-order valence-corrected chi connectivity index (χ1v) is 12.4. The van der Waals surface area contributed by atoms with E-state index in [0.717, 1.165) is 32.9 Å². The number of benzene rings is 2. The predicted octanol–water partition coefficient (Wildman–Crippen LogP) is 3.83. The first-order valence-electron chi connectivity index (χ1n) is 10.4. The summed E-state index contributed by atoms with van der Waals surface area (Å²) in [6.07, 6.45) is 3.73. The van der Waals surface area contributed by atoms with E-state index in [1.165, 1.54) is 11.3 Å². The predicted molar refractivity (Wildman–Crippen MR) is 125 cm³/mol. The molecule has 1 unspecified atom stereocenters. The number of ether oxygens (including phenoxy) is 1. The fraction of sp³-hybridized carbons (Fsp3) is 0.304. The van der Waals surface area contributed by atoms with Crippen LogP contribution >= 0.6 is 23.1 Å². The summed E-state index contributed by atoms with van der Waals surface area (Å²) in [6, 6.07) is 12.6. The number of hydrogen-bond donors (Lipinski definition) is 0. The van der Waals surface area contributed by atoms with Crippen molar-refractivity contribution in [1.29, 1.82) is 0 Å². The quantitative estimate of drug-likeness (QED) is 0.405. The van der Waals surface area contributed by atoms with Gasteiger partial charge in [-0.2, -0.15) is 0 Å². The smallest absolute Gasteiger partial charge is 0.262 e. The highest BCUT2D eigenvalue weighted by molar-refractivity contribution is 7.98. The fourth-order valence-corrected chi connectivity index (χ4v) is 5.56. The third kappa shape index (κ3) is 3.80. The van der Waals surface area contributed by atoms with Gasteiger partial charge in [0.05, 0.1) is 34.0 Å². The van der Waals surface area contributed by atoms with E-state index in [4.69, 9.17) is 4.74 Å². The molecule has 3 amide bonds. The van der Waals surface area contributed by atoms with Crippen molar-refractivity contribution in [1.82, 2.24) is 9.88 Å². The molecule has 32 heavy (non-hydrogen) atoms. The van der Waals surface area contributed by atoms with E-state index in [1.54, 1.807) is 40.9 Å². The summed E-state index contributed by atoms with van der Waals surface area (Å²) < 4.78 is 6.74. The van der Waals surface area contributed by atoms with E-state index in [2.05, 4.69) is 11.1 Å². The van der Waals surface area contributed by atoms with Crippen molar-refractivity contribution in [3.8, 4) is 0 Å². The van der Waals surface area contributed by atoms with Gasteiger partial charge in [-0.15, -0.1) is 11.8 Å².